The molecule has 1 aromatic carbocycles. The van der Waals surface area contributed by atoms with Crippen LogP contribution in [0.3, 0.4) is 0 Å². The first-order valence-electron chi connectivity index (χ1n) is 4.09. The fraction of sp³-hybridized carbons (Fsp3) is 0.333. The molecule has 1 atom stereocenters. The Bertz CT molecular complexity index is 379. The molecule has 0 aliphatic rings. The molecule has 0 spiro atoms. The fourth-order valence-electron chi connectivity index (χ4n) is 1.12. The van der Waals surface area contributed by atoms with E-state index in [0.717, 1.165) is 0 Å². The molecule has 92 valence electrons. The van der Waals surface area contributed by atoms with Crippen LogP contribution in [-0.4, -0.2) is 18.9 Å². The van der Waals surface area contributed by atoms with Crippen molar-refractivity contribution in [3.05, 3.63) is 20.6 Å². The van der Waals surface area contributed by atoms with Crippen LogP contribution < -0.4 is 10.5 Å². The van der Waals surface area contributed by atoms with Gasteiger partial charge in [0, 0.05) is 4.47 Å². The monoisotopic (exact) mass is 377 g/mol. The van der Waals surface area contributed by atoms with Gasteiger partial charge in [-0.25, -0.2) is 4.39 Å². The van der Waals surface area contributed by atoms with Crippen molar-refractivity contribution in [2.75, 3.05) is 13.8 Å². The smallest absolute Gasteiger partial charge is 0.173 e. The predicted molar refractivity (Wildman–Crippen MR) is 70.2 cm³/mol. The number of aromatic hydroxyl groups is 1. The average molecular weight is 379 g/mol. The first kappa shape index (κ1) is 16.0. The molecule has 0 unspecified atom stereocenters. The second kappa shape index (κ2) is 6.64. The number of nitrogens with two attached hydrogens (primary N) is 1. The Kier molecular flexibility index (Phi) is 6.62. The molecule has 1 aromatic rings. The number of halogens is 4. The van der Waals surface area contributed by atoms with Gasteiger partial charge in [-0.15, -0.1) is 12.4 Å². The molecule has 0 aromatic heterocycles. The normalized spacial score (nSPS) is 11.8. The third-order valence-electron chi connectivity index (χ3n) is 1.96. The summed E-state index contributed by atoms with van der Waals surface area (Å²) in [5, 5.41) is 9.62. The van der Waals surface area contributed by atoms with Crippen LogP contribution in [0.5, 0.6) is 11.5 Å². The maximum absolute atomic E-state index is 12.5. The van der Waals surface area contributed by atoms with Crippen LogP contribution in [0.4, 0.5) is 4.39 Å². The van der Waals surface area contributed by atoms with Crippen molar-refractivity contribution in [1.82, 2.24) is 0 Å². The summed E-state index contributed by atoms with van der Waals surface area (Å²) in [6, 6.07) is 0.763. The summed E-state index contributed by atoms with van der Waals surface area (Å²) >= 11 is 6.39. The topological polar surface area (TPSA) is 55.5 Å². The van der Waals surface area contributed by atoms with Crippen LogP contribution in [-0.2, 0) is 0 Å². The van der Waals surface area contributed by atoms with Gasteiger partial charge >= 0.3 is 0 Å². The van der Waals surface area contributed by atoms with E-state index in [-0.39, 0.29) is 23.9 Å². The molecular formula is C9H11Br2ClFNO2. The minimum atomic E-state index is -0.745. The summed E-state index contributed by atoms with van der Waals surface area (Å²) in [5.41, 5.74) is 6.12. The lowest BCUT2D eigenvalue weighted by atomic mass is 10.1. The summed E-state index contributed by atoms with van der Waals surface area (Å²) in [6.07, 6.45) is 0. The van der Waals surface area contributed by atoms with Gasteiger partial charge in [0.1, 0.15) is 6.67 Å². The molecule has 3 N–H and O–H groups in total. The van der Waals surface area contributed by atoms with E-state index in [9.17, 15) is 9.50 Å². The van der Waals surface area contributed by atoms with Gasteiger partial charge in [-0.3, -0.25) is 0 Å². The Balaban J connectivity index is 0.00000225. The van der Waals surface area contributed by atoms with Crippen molar-refractivity contribution in [3.8, 4) is 11.5 Å². The van der Waals surface area contributed by atoms with Crippen LogP contribution >= 0.6 is 44.3 Å². The molecule has 7 heteroatoms. The Morgan fingerprint density at radius 3 is 2.50 bits per heavy atom. The number of phenolic OH excluding ortho intramolecular Hbond substituents is 1. The molecule has 0 fully saturated rings. The molecule has 0 amide bonds. The SMILES string of the molecule is COc1cc([C@@H](N)CF)c(Br)c(Br)c1O.Cl. The fourth-order valence-corrected chi connectivity index (χ4v) is 2.14. The van der Waals surface area contributed by atoms with Gasteiger partial charge in [0.15, 0.2) is 11.5 Å². The van der Waals surface area contributed by atoms with Crippen LogP contribution in [0.1, 0.15) is 11.6 Å². The first-order chi connectivity index (χ1) is 7.02. The Morgan fingerprint density at radius 1 is 1.50 bits per heavy atom. The number of rotatable bonds is 3. The molecule has 0 aliphatic carbocycles. The van der Waals surface area contributed by atoms with E-state index in [0.29, 0.717) is 14.5 Å². The quantitative estimate of drug-likeness (QED) is 0.847. The molecule has 0 bridgehead atoms. The van der Waals surface area contributed by atoms with E-state index in [2.05, 4.69) is 31.9 Å². The molecule has 1 rings (SSSR count). The van der Waals surface area contributed by atoms with E-state index in [1.54, 1.807) is 0 Å². The largest absolute Gasteiger partial charge is 0.503 e. The first-order valence-corrected chi connectivity index (χ1v) is 5.67. The predicted octanol–water partition coefficient (Wildman–Crippen LogP) is 3.32. The summed E-state index contributed by atoms with van der Waals surface area (Å²) in [5.74, 6) is 0.211. The molecule has 3 nitrogen and oxygen atoms in total. The number of benzene rings is 1. The lowest BCUT2D eigenvalue weighted by Gasteiger charge is -2.15. The molecule has 0 heterocycles. The highest BCUT2D eigenvalue weighted by Gasteiger charge is 2.18. The zero-order valence-electron chi connectivity index (χ0n) is 8.34. The van der Waals surface area contributed by atoms with Crippen molar-refractivity contribution in [2.45, 2.75) is 6.04 Å². The van der Waals surface area contributed by atoms with Crippen molar-refractivity contribution in [3.63, 3.8) is 0 Å². The van der Waals surface area contributed by atoms with Crippen molar-refractivity contribution in [1.29, 1.82) is 0 Å². The third kappa shape index (κ3) is 3.00. The van der Waals surface area contributed by atoms with Crippen LogP contribution in [0.25, 0.3) is 0 Å². The number of alkyl halides is 1. The van der Waals surface area contributed by atoms with Crippen LogP contribution in [0.2, 0.25) is 0 Å². The van der Waals surface area contributed by atoms with Crippen LogP contribution in [0, 0.1) is 0 Å². The van der Waals surface area contributed by atoms with Gasteiger partial charge in [-0.05, 0) is 43.5 Å². The van der Waals surface area contributed by atoms with Crippen molar-refractivity contribution >= 4 is 44.3 Å². The summed E-state index contributed by atoms with van der Waals surface area (Å²) < 4.78 is 18.3. The van der Waals surface area contributed by atoms with Gasteiger partial charge in [0.2, 0.25) is 0 Å². The minimum Gasteiger partial charge on any atom is -0.503 e. The molecule has 0 aliphatic heterocycles. The van der Waals surface area contributed by atoms with Gasteiger partial charge in [-0.2, -0.15) is 0 Å². The van der Waals surface area contributed by atoms with Crippen molar-refractivity contribution < 1.29 is 14.2 Å². The Morgan fingerprint density at radius 2 is 2.06 bits per heavy atom. The second-order valence-corrected chi connectivity index (χ2v) is 4.49. The number of ether oxygens (including phenoxy) is 1. The maximum Gasteiger partial charge on any atom is 0.173 e. The highest BCUT2D eigenvalue weighted by atomic mass is 79.9. The molecule has 0 radical (unpaired) electrons. The summed E-state index contributed by atoms with van der Waals surface area (Å²) in [7, 11) is 1.42. The van der Waals surface area contributed by atoms with Gasteiger partial charge < -0.3 is 15.6 Å². The number of hydrogen-bond donors (Lipinski definition) is 2. The molecule has 16 heavy (non-hydrogen) atoms. The number of hydrogen-bond acceptors (Lipinski definition) is 3. The standard InChI is InChI=1S/C9H10Br2FNO2.ClH/c1-15-6-2-4(5(13)3-12)7(10)8(11)9(6)14;/h2,5,14H,3,13H2,1H3;1H/t5-;/m0./s1. The van der Waals surface area contributed by atoms with Gasteiger partial charge in [0.05, 0.1) is 17.6 Å². The van der Waals surface area contributed by atoms with E-state index in [1.165, 1.54) is 13.2 Å². The summed E-state index contributed by atoms with van der Waals surface area (Å²) in [4.78, 5) is 0. The van der Waals surface area contributed by atoms with E-state index >= 15 is 0 Å². The van der Waals surface area contributed by atoms with E-state index in [1.807, 2.05) is 0 Å². The van der Waals surface area contributed by atoms with Crippen molar-refractivity contribution in [2.24, 2.45) is 5.73 Å². The van der Waals surface area contributed by atoms with Crippen LogP contribution in [0.15, 0.2) is 15.0 Å². The zero-order valence-corrected chi connectivity index (χ0v) is 12.3. The Labute approximate surface area is 116 Å². The third-order valence-corrected chi connectivity index (χ3v) is 4.12. The Hall–Kier alpha value is -0.0400. The van der Waals surface area contributed by atoms with E-state index < -0.39 is 12.7 Å². The number of methoxy groups -OCH3 is 1. The highest BCUT2D eigenvalue weighted by Crippen LogP contribution is 2.43. The molecular weight excluding hydrogens is 368 g/mol. The van der Waals surface area contributed by atoms with Gasteiger partial charge in [-0.1, -0.05) is 0 Å². The summed E-state index contributed by atoms with van der Waals surface area (Å²) in [6.45, 7) is -0.682. The average Bonchev–Trinajstić information content (AvgIpc) is 2.25. The number of phenols is 1. The molecule has 0 saturated carbocycles. The maximum atomic E-state index is 12.5. The van der Waals surface area contributed by atoms with E-state index in [4.69, 9.17) is 10.5 Å². The van der Waals surface area contributed by atoms with Gasteiger partial charge in [0.25, 0.3) is 0 Å². The minimum absolute atomic E-state index is 0. The lowest BCUT2D eigenvalue weighted by Crippen LogP contribution is -2.13. The molecule has 0 saturated heterocycles. The second-order valence-electron chi connectivity index (χ2n) is 2.91. The highest BCUT2D eigenvalue weighted by molar-refractivity contribution is 9.13. The lowest BCUT2D eigenvalue weighted by molar-refractivity contribution is 0.369. The zero-order chi connectivity index (χ0) is 11.6.